The van der Waals surface area contributed by atoms with Crippen molar-refractivity contribution in [2.24, 2.45) is 5.92 Å². The Morgan fingerprint density at radius 1 is 1.25 bits per heavy atom. The zero-order chi connectivity index (χ0) is 16.8. The number of carbonyl (C=O) groups is 1. The van der Waals surface area contributed by atoms with Crippen LogP contribution >= 0.6 is 0 Å². The van der Waals surface area contributed by atoms with E-state index in [2.05, 4.69) is 51.4 Å². The number of hydrogen-bond acceptors (Lipinski definition) is 4. The van der Waals surface area contributed by atoms with Gasteiger partial charge in [-0.25, -0.2) is 0 Å². The van der Waals surface area contributed by atoms with Crippen LogP contribution in [-0.2, 0) is 17.8 Å². The zero-order valence-electron chi connectivity index (χ0n) is 14.1. The standard InChI is InChI=1S/C19H24N4O/c1-15-12-23(13-16-5-3-2-4-6-16)14-18(15)22-19(24)8-7-17-11-20-9-10-21-17/h2-6,9-11,15,18H,7-8,12-14H2,1H3,(H,22,24). The Hall–Kier alpha value is -2.27. The van der Waals surface area contributed by atoms with E-state index in [1.807, 2.05) is 6.07 Å². The molecule has 2 aromatic rings. The SMILES string of the molecule is CC1CN(Cc2ccccc2)CC1NC(=O)CCc1cnccn1. The number of nitrogens with zero attached hydrogens (tertiary/aromatic N) is 3. The van der Waals surface area contributed by atoms with E-state index in [0.29, 0.717) is 18.8 Å². The molecule has 0 radical (unpaired) electrons. The van der Waals surface area contributed by atoms with Crippen molar-refractivity contribution >= 4 is 5.91 Å². The van der Waals surface area contributed by atoms with Gasteiger partial charge in [-0.15, -0.1) is 0 Å². The molecule has 2 atom stereocenters. The first-order chi connectivity index (χ1) is 11.7. The van der Waals surface area contributed by atoms with Crippen molar-refractivity contribution in [2.45, 2.75) is 32.4 Å². The summed E-state index contributed by atoms with van der Waals surface area (Å²) in [5.41, 5.74) is 2.18. The van der Waals surface area contributed by atoms with E-state index in [1.54, 1.807) is 18.6 Å². The van der Waals surface area contributed by atoms with Gasteiger partial charge in [0.15, 0.2) is 0 Å². The summed E-state index contributed by atoms with van der Waals surface area (Å²) < 4.78 is 0. The fraction of sp³-hybridized carbons (Fsp3) is 0.421. The second-order valence-electron chi connectivity index (χ2n) is 6.53. The molecule has 2 heterocycles. The third kappa shape index (κ3) is 4.61. The first-order valence-electron chi connectivity index (χ1n) is 8.51. The summed E-state index contributed by atoms with van der Waals surface area (Å²) >= 11 is 0. The van der Waals surface area contributed by atoms with Crippen molar-refractivity contribution in [1.82, 2.24) is 20.2 Å². The molecule has 1 aliphatic rings. The molecule has 1 N–H and O–H groups in total. The number of nitrogens with one attached hydrogen (secondary N) is 1. The molecular formula is C19H24N4O. The van der Waals surface area contributed by atoms with Gasteiger partial charge < -0.3 is 5.32 Å². The summed E-state index contributed by atoms with van der Waals surface area (Å²) in [7, 11) is 0. The van der Waals surface area contributed by atoms with Gasteiger partial charge >= 0.3 is 0 Å². The van der Waals surface area contributed by atoms with Crippen LogP contribution in [0.2, 0.25) is 0 Å². The van der Waals surface area contributed by atoms with Crippen molar-refractivity contribution in [1.29, 1.82) is 0 Å². The van der Waals surface area contributed by atoms with E-state index in [0.717, 1.165) is 25.3 Å². The highest BCUT2D eigenvalue weighted by atomic mass is 16.1. The predicted octanol–water partition coefficient (Wildman–Crippen LogP) is 2.05. The van der Waals surface area contributed by atoms with E-state index in [4.69, 9.17) is 0 Å². The van der Waals surface area contributed by atoms with Crippen LogP contribution in [0.4, 0.5) is 0 Å². The Labute approximate surface area is 143 Å². The van der Waals surface area contributed by atoms with Gasteiger partial charge in [0, 0.05) is 50.7 Å². The Kier molecular flexibility index (Phi) is 5.54. The second-order valence-corrected chi connectivity index (χ2v) is 6.53. The van der Waals surface area contributed by atoms with E-state index in [9.17, 15) is 4.79 Å². The van der Waals surface area contributed by atoms with Crippen molar-refractivity contribution in [3.8, 4) is 0 Å². The highest BCUT2D eigenvalue weighted by molar-refractivity contribution is 5.76. The van der Waals surface area contributed by atoms with Crippen molar-refractivity contribution in [3.63, 3.8) is 0 Å². The fourth-order valence-corrected chi connectivity index (χ4v) is 3.21. The quantitative estimate of drug-likeness (QED) is 0.883. The van der Waals surface area contributed by atoms with Gasteiger partial charge in [0.25, 0.3) is 0 Å². The molecule has 126 valence electrons. The number of benzene rings is 1. The van der Waals surface area contributed by atoms with Crippen molar-refractivity contribution in [2.75, 3.05) is 13.1 Å². The molecule has 24 heavy (non-hydrogen) atoms. The minimum atomic E-state index is 0.0964. The van der Waals surface area contributed by atoms with Crippen LogP contribution in [0, 0.1) is 5.92 Å². The molecule has 3 rings (SSSR count). The average molecular weight is 324 g/mol. The Bertz CT molecular complexity index is 647. The van der Waals surface area contributed by atoms with Crippen LogP contribution in [0.25, 0.3) is 0 Å². The largest absolute Gasteiger partial charge is 0.352 e. The summed E-state index contributed by atoms with van der Waals surface area (Å²) in [4.78, 5) is 22.8. The molecule has 5 nitrogen and oxygen atoms in total. The second kappa shape index (κ2) is 8.02. The number of amides is 1. The molecule has 0 aliphatic carbocycles. The fourth-order valence-electron chi connectivity index (χ4n) is 3.21. The topological polar surface area (TPSA) is 58.1 Å². The van der Waals surface area contributed by atoms with E-state index in [-0.39, 0.29) is 11.9 Å². The number of aromatic nitrogens is 2. The van der Waals surface area contributed by atoms with Crippen LogP contribution in [0.5, 0.6) is 0 Å². The highest BCUT2D eigenvalue weighted by Gasteiger charge is 2.30. The lowest BCUT2D eigenvalue weighted by Gasteiger charge is -2.17. The first-order valence-corrected chi connectivity index (χ1v) is 8.51. The summed E-state index contributed by atoms with van der Waals surface area (Å²) in [6, 6.07) is 10.7. The average Bonchev–Trinajstić information content (AvgIpc) is 2.94. The zero-order valence-corrected chi connectivity index (χ0v) is 14.1. The minimum Gasteiger partial charge on any atom is -0.352 e. The van der Waals surface area contributed by atoms with E-state index >= 15 is 0 Å². The van der Waals surface area contributed by atoms with Gasteiger partial charge in [0.05, 0.1) is 5.69 Å². The number of rotatable bonds is 6. The van der Waals surface area contributed by atoms with E-state index in [1.165, 1.54) is 5.56 Å². The highest BCUT2D eigenvalue weighted by Crippen LogP contribution is 2.19. The molecule has 1 amide bonds. The maximum atomic E-state index is 12.2. The van der Waals surface area contributed by atoms with Crippen LogP contribution in [0.3, 0.4) is 0 Å². The molecule has 1 saturated heterocycles. The summed E-state index contributed by atoms with van der Waals surface area (Å²) in [5, 5.41) is 3.19. The molecule has 0 spiro atoms. The van der Waals surface area contributed by atoms with Gasteiger partial charge in [0.1, 0.15) is 0 Å². The lowest BCUT2D eigenvalue weighted by Crippen LogP contribution is -2.39. The Balaban J connectivity index is 1.46. The van der Waals surface area contributed by atoms with Gasteiger partial charge in [-0.3, -0.25) is 19.7 Å². The molecule has 2 unspecified atom stereocenters. The Morgan fingerprint density at radius 3 is 2.83 bits per heavy atom. The van der Waals surface area contributed by atoms with Gasteiger partial charge in [-0.05, 0) is 17.9 Å². The summed E-state index contributed by atoms with van der Waals surface area (Å²) in [5.74, 6) is 0.563. The lowest BCUT2D eigenvalue weighted by molar-refractivity contribution is -0.121. The number of carbonyl (C=O) groups excluding carboxylic acids is 1. The predicted molar refractivity (Wildman–Crippen MR) is 93.2 cm³/mol. The molecule has 0 bridgehead atoms. The molecule has 1 aliphatic heterocycles. The van der Waals surface area contributed by atoms with Gasteiger partial charge in [-0.2, -0.15) is 0 Å². The molecule has 5 heteroatoms. The minimum absolute atomic E-state index is 0.0964. The third-order valence-corrected chi connectivity index (χ3v) is 4.51. The molecule has 1 aromatic heterocycles. The van der Waals surface area contributed by atoms with Crippen molar-refractivity contribution < 1.29 is 4.79 Å². The van der Waals surface area contributed by atoms with Crippen molar-refractivity contribution in [3.05, 3.63) is 60.2 Å². The third-order valence-electron chi connectivity index (χ3n) is 4.51. The maximum absolute atomic E-state index is 12.2. The smallest absolute Gasteiger partial charge is 0.220 e. The van der Waals surface area contributed by atoms with Crippen LogP contribution < -0.4 is 5.32 Å². The van der Waals surface area contributed by atoms with Crippen LogP contribution in [-0.4, -0.2) is 39.9 Å². The van der Waals surface area contributed by atoms with Gasteiger partial charge in [-0.1, -0.05) is 37.3 Å². The van der Waals surface area contributed by atoms with Gasteiger partial charge in [0.2, 0.25) is 5.91 Å². The van der Waals surface area contributed by atoms with Crippen LogP contribution in [0.1, 0.15) is 24.6 Å². The molecule has 0 saturated carbocycles. The normalized spacial score (nSPS) is 20.9. The maximum Gasteiger partial charge on any atom is 0.220 e. The number of aryl methyl sites for hydroxylation is 1. The van der Waals surface area contributed by atoms with E-state index < -0.39 is 0 Å². The summed E-state index contributed by atoms with van der Waals surface area (Å²) in [6.45, 7) is 5.08. The summed E-state index contributed by atoms with van der Waals surface area (Å²) in [6.07, 6.45) is 6.11. The van der Waals surface area contributed by atoms with Crippen LogP contribution in [0.15, 0.2) is 48.9 Å². The number of hydrogen-bond donors (Lipinski definition) is 1. The monoisotopic (exact) mass is 324 g/mol. The number of likely N-dealkylation sites (tertiary alicyclic amines) is 1. The molecule has 1 aromatic carbocycles. The molecule has 1 fully saturated rings. The Morgan fingerprint density at radius 2 is 2.08 bits per heavy atom. The lowest BCUT2D eigenvalue weighted by atomic mass is 10.1. The first kappa shape index (κ1) is 16.6. The molecular weight excluding hydrogens is 300 g/mol.